The van der Waals surface area contributed by atoms with Crippen molar-refractivity contribution in [3.63, 3.8) is 0 Å². The molecule has 19 heavy (non-hydrogen) atoms. The fourth-order valence-electron chi connectivity index (χ4n) is 1.87. The van der Waals surface area contributed by atoms with Gasteiger partial charge in [0.1, 0.15) is 11.1 Å². The molecule has 4 nitrogen and oxygen atoms in total. The SMILES string of the molecule is O=C1CC(S(=O)(=O)F)CN1c1c(F)cc(Cl)cc1Cl. The molecule has 0 saturated carbocycles. The lowest BCUT2D eigenvalue weighted by Crippen LogP contribution is -2.28. The molecule has 1 fully saturated rings. The molecule has 0 N–H and O–H groups in total. The molecular formula is C10H7Cl2F2NO3S. The maximum atomic E-state index is 13.8. The summed E-state index contributed by atoms with van der Waals surface area (Å²) in [4.78, 5) is 12.5. The Morgan fingerprint density at radius 3 is 2.42 bits per heavy atom. The van der Waals surface area contributed by atoms with Crippen LogP contribution in [-0.4, -0.2) is 26.1 Å². The molecule has 1 amide bonds. The minimum Gasteiger partial charge on any atom is -0.307 e. The van der Waals surface area contributed by atoms with Crippen LogP contribution >= 0.6 is 23.2 Å². The van der Waals surface area contributed by atoms with Gasteiger partial charge in [0.05, 0.1) is 10.7 Å². The van der Waals surface area contributed by atoms with Crippen LogP contribution in [0.3, 0.4) is 0 Å². The fraction of sp³-hybridized carbons (Fsp3) is 0.300. The van der Waals surface area contributed by atoms with Crippen LogP contribution in [0.1, 0.15) is 6.42 Å². The number of halogens is 4. The van der Waals surface area contributed by atoms with Gasteiger partial charge in [-0.1, -0.05) is 23.2 Å². The third kappa shape index (κ3) is 2.82. The standard InChI is InChI=1S/C10H7Cl2F2NO3S/c11-5-1-7(12)10(8(13)2-5)15-4-6(3-9(15)16)19(14,17)18/h1-2,6H,3-4H2. The summed E-state index contributed by atoms with van der Waals surface area (Å²) in [5, 5.41) is -1.62. The highest BCUT2D eigenvalue weighted by Crippen LogP contribution is 2.35. The number of benzene rings is 1. The van der Waals surface area contributed by atoms with E-state index in [-0.39, 0.29) is 15.7 Å². The predicted octanol–water partition coefficient (Wildman–Crippen LogP) is 2.54. The maximum Gasteiger partial charge on any atom is 0.307 e. The first kappa shape index (κ1) is 14.5. The van der Waals surface area contributed by atoms with Crippen LogP contribution in [0.2, 0.25) is 10.0 Å². The second kappa shape index (κ2) is 4.88. The molecule has 9 heteroatoms. The summed E-state index contributed by atoms with van der Waals surface area (Å²) < 4.78 is 48.2. The van der Waals surface area contributed by atoms with Crippen molar-refractivity contribution in [3.05, 3.63) is 28.0 Å². The molecule has 1 unspecified atom stereocenters. The van der Waals surface area contributed by atoms with Crippen molar-refractivity contribution in [3.8, 4) is 0 Å². The van der Waals surface area contributed by atoms with Crippen LogP contribution in [0, 0.1) is 5.82 Å². The van der Waals surface area contributed by atoms with Crippen LogP contribution in [0.25, 0.3) is 0 Å². The van der Waals surface area contributed by atoms with E-state index >= 15 is 0 Å². The zero-order valence-electron chi connectivity index (χ0n) is 9.24. The van der Waals surface area contributed by atoms with E-state index in [1.165, 1.54) is 6.07 Å². The normalized spacial score (nSPS) is 20.1. The maximum absolute atomic E-state index is 13.8. The Balaban J connectivity index is 2.42. The highest BCUT2D eigenvalue weighted by Gasteiger charge is 2.40. The van der Waals surface area contributed by atoms with E-state index in [1.54, 1.807) is 0 Å². The Morgan fingerprint density at radius 1 is 1.32 bits per heavy atom. The molecule has 0 aromatic heterocycles. The highest BCUT2D eigenvalue weighted by atomic mass is 35.5. The summed E-state index contributed by atoms with van der Waals surface area (Å²) in [5.41, 5.74) is -0.290. The molecule has 1 aromatic rings. The van der Waals surface area contributed by atoms with Crippen molar-refractivity contribution in [2.45, 2.75) is 11.7 Å². The van der Waals surface area contributed by atoms with Crippen LogP contribution in [0.15, 0.2) is 12.1 Å². The molecule has 1 heterocycles. The average molecular weight is 330 g/mol. The van der Waals surface area contributed by atoms with E-state index in [9.17, 15) is 21.5 Å². The zero-order valence-corrected chi connectivity index (χ0v) is 11.6. The second-order valence-electron chi connectivity index (χ2n) is 4.02. The van der Waals surface area contributed by atoms with Gasteiger partial charge in [-0.2, -0.15) is 8.42 Å². The Kier molecular flexibility index (Phi) is 3.72. The summed E-state index contributed by atoms with van der Waals surface area (Å²) in [7, 11) is -4.86. The molecule has 0 radical (unpaired) electrons. The van der Waals surface area contributed by atoms with Gasteiger partial charge in [0.15, 0.2) is 0 Å². The summed E-state index contributed by atoms with van der Waals surface area (Å²) in [6.07, 6.45) is -0.544. The van der Waals surface area contributed by atoms with E-state index in [0.29, 0.717) is 0 Å². The van der Waals surface area contributed by atoms with E-state index in [1.807, 2.05) is 0 Å². The smallest absolute Gasteiger partial charge is 0.307 e. The number of hydrogen-bond donors (Lipinski definition) is 0. The minimum atomic E-state index is -4.86. The number of nitrogens with zero attached hydrogens (tertiary/aromatic N) is 1. The Hall–Kier alpha value is -0.920. The van der Waals surface area contributed by atoms with Crippen LogP contribution in [0.4, 0.5) is 14.0 Å². The molecule has 1 saturated heterocycles. The van der Waals surface area contributed by atoms with Crippen LogP contribution < -0.4 is 4.90 Å². The monoisotopic (exact) mass is 329 g/mol. The Bertz CT molecular complexity index is 627. The molecule has 0 bridgehead atoms. The summed E-state index contributed by atoms with van der Waals surface area (Å²) in [5.74, 6) is -1.59. The van der Waals surface area contributed by atoms with E-state index in [2.05, 4.69) is 0 Å². The average Bonchev–Trinajstić information content (AvgIpc) is 2.59. The van der Waals surface area contributed by atoms with Gasteiger partial charge in [-0.25, -0.2) is 4.39 Å². The van der Waals surface area contributed by atoms with Gasteiger partial charge in [0.25, 0.3) is 0 Å². The Morgan fingerprint density at radius 2 is 1.95 bits per heavy atom. The van der Waals surface area contributed by atoms with Crippen LogP contribution in [0.5, 0.6) is 0 Å². The molecule has 1 atom stereocenters. The number of carbonyl (C=O) groups excluding carboxylic acids is 1. The number of anilines is 1. The quantitative estimate of drug-likeness (QED) is 0.783. The van der Waals surface area contributed by atoms with Gasteiger partial charge in [0, 0.05) is 18.0 Å². The lowest BCUT2D eigenvalue weighted by molar-refractivity contribution is -0.117. The predicted molar refractivity (Wildman–Crippen MR) is 67.2 cm³/mol. The fourth-order valence-corrected chi connectivity index (χ4v) is 3.11. The Labute approximate surface area is 118 Å². The van der Waals surface area contributed by atoms with Crippen molar-refractivity contribution in [2.24, 2.45) is 0 Å². The van der Waals surface area contributed by atoms with Gasteiger partial charge >= 0.3 is 10.2 Å². The van der Waals surface area contributed by atoms with Crippen molar-refractivity contribution in [2.75, 3.05) is 11.4 Å². The first-order chi connectivity index (χ1) is 8.70. The zero-order chi connectivity index (χ0) is 14.4. The molecular weight excluding hydrogens is 323 g/mol. The molecule has 1 aliphatic heterocycles. The van der Waals surface area contributed by atoms with Crippen molar-refractivity contribution >= 4 is 45.0 Å². The third-order valence-corrected chi connectivity index (χ3v) is 4.36. The van der Waals surface area contributed by atoms with E-state index in [4.69, 9.17) is 23.2 Å². The number of amides is 1. The molecule has 2 rings (SSSR count). The van der Waals surface area contributed by atoms with Crippen molar-refractivity contribution < 1.29 is 21.5 Å². The van der Waals surface area contributed by atoms with E-state index < -0.39 is 40.2 Å². The van der Waals surface area contributed by atoms with Crippen LogP contribution in [-0.2, 0) is 15.0 Å². The van der Waals surface area contributed by atoms with Gasteiger partial charge in [-0.3, -0.25) is 4.79 Å². The topological polar surface area (TPSA) is 54.5 Å². The first-order valence-corrected chi connectivity index (χ1v) is 7.29. The molecule has 0 aliphatic carbocycles. The number of hydrogen-bond acceptors (Lipinski definition) is 3. The van der Waals surface area contributed by atoms with Gasteiger partial charge < -0.3 is 4.90 Å². The van der Waals surface area contributed by atoms with Gasteiger partial charge in [0.2, 0.25) is 5.91 Å². The molecule has 1 aromatic carbocycles. The summed E-state index contributed by atoms with van der Waals surface area (Å²) >= 11 is 11.4. The lowest BCUT2D eigenvalue weighted by atomic mass is 10.3. The minimum absolute atomic E-state index is 0.0348. The van der Waals surface area contributed by atoms with E-state index in [0.717, 1.165) is 11.0 Å². The molecule has 104 valence electrons. The first-order valence-electron chi connectivity index (χ1n) is 5.08. The molecule has 0 spiro atoms. The van der Waals surface area contributed by atoms with Gasteiger partial charge in [-0.05, 0) is 12.1 Å². The second-order valence-corrected chi connectivity index (χ2v) is 6.49. The lowest BCUT2D eigenvalue weighted by Gasteiger charge is -2.18. The largest absolute Gasteiger partial charge is 0.307 e. The van der Waals surface area contributed by atoms with Gasteiger partial charge in [-0.15, -0.1) is 3.89 Å². The summed E-state index contributed by atoms with van der Waals surface area (Å²) in [6, 6.07) is 2.15. The van der Waals surface area contributed by atoms with Crippen molar-refractivity contribution in [1.82, 2.24) is 0 Å². The summed E-state index contributed by atoms with van der Waals surface area (Å²) in [6.45, 7) is -0.476. The molecule has 1 aliphatic rings. The van der Waals surface area contributed by atoms with Crippen molar-refractivity contribution in [1.29, 1.82) is 0 Å². The number of carbonyl (C=O) groups is 1. The highest BCUT2D eigenvalue weighted by molar-refractivity contribution is 7.87. The number of rotatable bonds is 2. The third-order valence-electron chi connectivity index (χ3n) is 2.74.